The summed E-state index contributed by atoms with van der Waals surface area (Å²) in [4.78, 5) is 18.2. The van der Waals surface area contributed by atoms with Gasteiger partial charge in [-0.2, -0.15) is 0 Å². The number of rotatable bonds is 4. The van der Waals surface area contributed by atoms with Crippen LogP contribution in [0.15, 0.2) is 24.4 Å². The zero-order valence-electron chi connectivity index (χ0n) is 11.3. The van der Waals surface area contributed by atoms with E-state index in [0.717, 1.165) is 44.0 Å². The molecule has 0 atom stereocenters. The normalized spacial score (nSPS) is 14.7. The van der Waals surface area contributed by atoms with Crippen LogP contribution in [-0.4, -0.2) is 47.7 Å². The fourth-order valence-corrected chi connectivity index (χ4v) is 2.75. The molecular formula is C13H21Cl2N3OS. The second-order valence-corrected chi connectivity index (χ2v) is 5.28. The molecule has 1 aliphatic heterocycles. The van der Waals surface area contributed by atoms with Crippen molar-refractivity contribution >= 4 is 42.5 Å². The Kier molecular flexibility index (Phi) is 10.9. The molecule has 0 spiro atoms. The predicted molar refractivity (Wildman–Crippen MR) is 89.0 cm³/mol. The quantitative estimate of drug-likeness (QED) is 0.912. The summed E-state index contributed by atoms with van der Waals surface area (Å²) in [6.07, 6.45) is 2.84. The van der Waals surface area contributed by atoms with Crippen molar-refractivity contribution in [2.45, 2.75) is 12.2 Å². The molecule has 2 rings (SSSR count). The zero-order valence-corrected chi connectivity index (χ0v) is 13.7. The number of carbonyl (C=O) groups excluding carboxylic acids is 1. The number of halogens is 2. The molecule has 114 valence electrons. The number of aromatic nitrogens is 1. The van der Waals surface area contributed by atoms with Crippen molar-refractivity contribution < 1.29 is 4.79 Å². The summed E-state index contributed by atoms with van der Waals surface area (Å²) in [6.45, 7) is 3.65. The van der Waals surface area contributed by atoms with Crippen LogP contribution in [0.25, 0.3) is 0 Å². The van der Waals surface area contributed by atoms with Gasteiger partial charge in [-0.25, -0.2) is 0 Å². The van der Waals surface area contributed by atoms with Gasteiger partial charge in [0.15, 0.2) is 0 Å². The maximum atomic E-state index is 12.0. The molecule has 1 N–H and O–H groups in total. The van der Waals surface area contributed by atoms with Crippen molar-refractivity contribution in [2.24, 2.45) is 0 Å². The van der Waals surface area contributed by atoms with Crippen LogP contribution in [0.5, 0.6) is 0 Å². The summed E-state index contributed by atoms with van der Waals surface area (Å²) in [7, 11) is 0. The van der Waals surface area contributed by atoms with Crippen LogP contribution >= 0.6 is 36.6 Å². The number of nitrogens with one attached hydrogen (secondary N) is 1. The lowest BCUT2D eigenvalue weighted by molar-refractivity contribution is -0.128. The van der Waals surface area contributed by atoms with E-state index in [4.69, 9.17) is 0 Å². The second kappa shape index (κ2) is 11.2. The summed E-state index contributed by atoms with van der Waals surface area (Å²) >= 11 is 1.64. The van der Waals surface area contributed by atoms with Gasteiger partial charge < -0.3 is 10.2 Å². The molecule has 2 heterocycles. The molecule has 0 radical (unpaired) electrons. The minimum Gasteiger partial charge on any atom is -0.341 e. The van der Waals surface area contributed by atoms with Crippen molar-refractivity contribution in [3.8, 4) is 0 Å². The molecule has 1 amide bonds. The van der Waals surface area contributed by atoms with Crippen molar-refractivity contribution in [3.63, 3.8) is 0 Å². The summed E-state index contributed by atoms with van der Waals surface area (Å²) in [6, 6.07) is 5.88. The molecule has 1 aliphatic rings. The van der Waals surface area contributed by atoms with Gasteiger partial charge in [-0.3, -0.25) is 9.78 Å². The first-order chi connectivity index (χ1) is 8.86. The number of amides is 1. The molecular weight excluding hydrogens is 317 g/mol. The van der Waals surface area contributed by atoms with E-state index in [1.807, 2.05) is 23.1 Å². The Hall–Kier alpha value is -0.490. The molecule has 0 aromatic carbocycles. The Morgan fingerprint density at radius 2 is 2.15 bits per heavy atom. The number of pyridine rings is 1. The molecule has 1 aromatic rings. The van der Waals surface area contributed by atoms with Gasteiger partial charge in [0.25, 0.3) is 0 Å². The minimum absolute atomic E-state index is 0. The molecule has 1 saturated heterocycles. The van der Waals surface area contributed by atoms with Gasteiger partial charge in [0.05, 0.1) is 11.4 Å². The molecule has 1 aromatic heterocycles. The third-order valence-corrected chi connectivity index (χ3v) is 3.85. The number of thioether (sulfide) groups is 1. The molecule has 1 fully saturated rings. The smallest absolute Gasteiger partial charge is 0.232 e. The number of hydrogen-bond acceptors (Lipinski definition) is 4. The predicted octanol–water partition coefficient (Wildman–Crippen LogP) is 1.98. The van der Waals surface area contributed by atoms with E-state index in [9.17, 15) is 4.79 Å². The lowest BCUT2D eigenvalue weighted by Gasteiger charge is -2.19. The van der Waals surface area contributed by atoms with Crippen LogP contribution in [0, 0.1) is 0 Å². The second-order valence-electron chi connectivity index (χ2n) is 4.30. The van der Waals surface area contributed by atoms with E-state index in [2.05, 4.69) is 10.3 Å². The number of hydrogen-bond donors (Lipinski definition) is 1. The summed E-state index contributed by atoms with van der Waals surface area (Å²) in [5.74, 6) is 1.61. The maximum Gasteiger partial charge on any atom is 0.232 e. The number of carbonyl (C=O) groups is 1. The van der Waals surface area contributed by atoms with Gasteiger partial charge in [-0.05, 0) is 25.1 Å². The zero-order chi connectivity index (χ0) is 12.6. The van der Waals surface area contributed by atoms with Gasteiger partial charge in [0.1, 0.15) is 0 Å². The monoisotopic (exact) mass is 337 g/mol. The van der Waals surface area contributed by atoms with Crippen LogP contribution in [0.3, 0.4) is 0 Å². The Morgan fingerprint density at radius 3 is 2.90 bits per heavy atom. The Bertz CT molecular complexity index is 373. The van der Waals surface area contributed by atoms with Crippen molar-refractivity contribution in [1.82, 2.24) is 15.2 Å². The largest absolute Gasteiger partial charge is 0.341 e. The minimum atomic E-state index is 0. The van der Waals surface area contributed by atoms with Gasteiger partial charge in [-0.15, -0.1) is 36.6 Å². The highest BCUT2D eigenvalue weighted by molar-refractivity contribution is 7.99. The highest BCUT2D eigenvalue weighted by Crippen LogP contribution is 2.10. The molecule has 0 unspecified atom stereocenters. The van der Waals surface area contributed by atoms with E-state index >= 15 is 0 Å². The van der Waals surface area contributed by atoms with Gasteiger partial charge in [-0.1, -0.05) is 6.07 Å². The lowest BCUT2D eigenvalue weighted by atomic mass is 10.4. The van der Waals surface area contributed by atoms with Gasteiger partial charge >= 0.3 is 0 Å². The molecule has 4 nitrogen and oxygen atoms in total. The van der Waals surface area contributed by atoms with Crippen LogP contribution in [0.1, 0.15) is 12.1 Å². The van der Waals surface area contributed by atoms with Crippen molar-refractivity contribution in [3.05, 3.63) is 30.1 Å². The van der Waals surface area contributed by atoms with Gasteiger partial charge in [0.2, 0.25) is 5.91 Å². The summed E-state index contributed by atoms with van der Waals surface area (Å²) in [5.41, 5.74) is 1.04. The molecule has 0 saturated carbocycles. The maximum absolute atomic E-state index is 12.0. The lowest BCUT2D eigenvalue weighted by Crippen LogP contribution is -2.35. The third kappa shape index (κ3) is 6.79. The molecule has 0 aliphatic carbocycles. The van der Waals surface area contributed by atoms with E-state index in [1.54, 1.807) is 18.0 Å². The van der Waals surface area contributed by atoms with Crippen LogP contribution < -0.4 is 5.32 Å². The Labute approximate surface area is 136 Å². The summed E-state index contributed by atoms with van der Waals surface area (Å²) < 4.78 is 0. The fraction of sp³-hybridized carbons (Fsp3) is 0.538. The van der Waals surface area contributed by atoms with Crippen molar-refractivity contribution in [1.29, 1.82) is 0 Å². The Balaban J connectivity index is 0.00000180. The van der Waals surface area contributed by atoms with E-state index < -0.39 is 0 Å². The molecule has 20 heavy (non-hydrogen) atoms. The highest BCUT2D eigenvalue weighted by atomic mass is 35.5. The first-order valence-corrected chi connectivity index (χ1v) is 7.48. The van der Waals surface area contributed by atoms with E-state index in [-0.39, 0.29) is 30.7 Å². The van der Waals surface area contributed by atoms with Crippen LogP contribution in [0.2, 0.25) is 0 Å². The Morgan fingerprint density at radius 1 is 1.30 bits per heavy atom. The van der Waals surface area contributed by atoms with E-state index in [0.29, 0.717) is 5.75 Å². The highest BCUT2D eigenvalue weighted by Gasteiger charge is 2.14. The molecule has 0 bridgehead atoms. The first-order valence-electron chi connectivity index (χ1n) is 6.32. The third-order valence-electron chi connectivity index (χ3n) is 2.89. The average molecular weight is 338 g/mol. The first kappa shape index (κ1) is 19.5. The fourth-order valence-electron chi connectivity index (χ4n) is 1.91. The van der Waals surface area contributed by atoms with E-state index in [1.165, 1.54) is 0 Å². The van der Waals surface area contributed by atoms with Crippen LogP contribution in [0.4, 0.5) is 0 Å². The average Bonchev–Trinajstić information content (AvgIpc) is 2.69. The summed E-state index contributed by atoms with van der Waals surface area (Å²) in [5, 5.41) is 3.30. The molecule has 7 heteroatoms. The number of nitrogens with zero attached hydrogens (tertiary/aromatic N) is 2. The topological polar surface area (TPSA) is 45.2 Å². The van der Waals surface area contributed by atoms with Crippen LogP contribution in [-0.2, 0) is 10.5 Å². The van der Waals surface area contributed by atoms with Gasteiger partial charge in [0, 0.05) is 31.6 Å². The SMILES string of the molecule is Cl.Cl.O=C(CSCc1ccccn1)N1CCCNCC1. The van der Waals surface area contributed by atoms with Crippen molar-refractivity contribution in [2.75, 3.05) is 31.9 Å². The standard InChI is InChI=1S/C13H19N3OS.2ClH/c17-13(16-8-3-5-14-7-9-16)11-18-10-12-4-1-2-6-15-12;;/h1-2,4,6,14H,3,5,7-11H2;2*1H.